The summed E-state index contributed by atoms with van der Waals surface area (Å²) in [5.41, 5.74) is 1.06. The average molecular weight is 248 g/mol. The molecule has 18 heavy (non-hydrogen) atoms. The molecule has 1 aromatic carbocycles. The minimum atomic E-state index is -0.877. The SMILES string of the molecule is O=C(O)c1ccccc1NCCCN1CCCC1. The second-order valence-corrected chi connectivity index (χ2v) is 4.68. The summed E-state index contributed by atoms with van der Waals surface area (Å²) in [7, 11) is 0. The molecule has 0 radical (unpaired) electrons. The van der Waals surface area contributed by atoms with Crippen LogP contribution in [-0.2, 0) is 0 Å². The molecule has 0 saturated carbocycles. The van der Waals surface area contributed by atoms with E-state index in [2.05, 4.69) is 10.2 Å². The van der Waals surface area contributed by atoms with Crippen LogP contribution in [0.15, 0.2) is 24.3 Å². The van der Waals surface area contributed by atoms with Crippen molar-refractivity contribution >= 4 is 11.7 Å². The van der Waals surface area contributed by atoms with Crippen LogP contribution < -0.4 is 5.32 Å². The Balaban J connectivity index is 1.77. The second-order valence-electron chi connectivity index (χ2n) is 4.68. The third-order valence-corrected chi connectivity index (χ3v) is 3.32. The van der Waals surface area contributed by atoms with Gasteiger partial charge in [0.2, 0.25) is 0 Å². The first-order valence-electron chi connectivity index (χ1n) is 6.56. The summed E-state index contributed by atoms with van der Waals surface area (Å²) in [6.07, 6.45) is 3.68. The molecule has 2 rings (SSSR count). The molecule has 1 fully saturated rings. The number of likely N-dealkylation sites (tertiary alicyclic amines) is 1. The van der Waals surface area contributed by atoms with Gasteiger partial charge in [-0.2, -0.15) is 0 Å². The smallest absolute Gasteiger partial charge is 0.337 e. The second kappa shape index (κ2) is 6.40. The van der Waals surface area contributed by atoms with Crippen LogP contribution in [0.5, 0.6) is 0 Å². The summed E-state index contributed by atoms with van der Waals surface area (Å²) < 4.78 is 0. The van der Waals surface area contributed by atoms with Gasteiger partial charge in [0.05, 0.1) is 5.56 Å². The van der Waals surface area contributed by atoms with Gasteiger partial charge in [-0.05, 0) is 51.0 Å². The van der Waals surface area contributed by atoms with Crippen molar-refractivity contribution in [3.05, 3.63) is 29.8 Å². The molecular weight excluding hydrogens is 228 g/mol. The monoisotopic (exact) mass is 248 g/mol. The lowest BCUT2D eigenvalue weighted by molar-refractivity contribution is 0.0698. The lowest BCUT2D eigenvalue weighted by Crippen LogP contribution is -2.22. The number of benzene rings is 1. The molecule has 0 atom stereocenters. The van der Waals surface area contributed by atoms with Gasteiger partial charge in [-0.15, -0.1) is 0 Å². The molecule has 4 nitrogen and oxygen atoms in total. The molecule has 0 spiro atoms. The fourth-order valence-corrected chi connectivity index (χ4v) is 2.36. The van der Waals surface area contributed by atoms with Gasteiger partial charge in [0.25, 0.3) is 0 Å². The number of carbonyl (C=O) groups is 1. The number of carboxylic acids is 1. The summed E-state index contributed by atoms with van der Waals surface area (Å²) in [5, 5.41) is 12.3. The van der Waals surface area contributed by atoms with E-state index in [1.54, 1.807) is 12.1 Å². The van der Waals surface area contributed by atoms with Crippen LogP contribution in [0.1, 0.15) is 29.6 Å². The lowest BCUT2D eigenvalue weighted by atomic mass is 10.2. The molecule has 0 bridgehead atoms. The fourth-order valence-electron chi connectivity index (χ4n) is 2.36. The Labute approximate surface area is 108 Å². The molecule has 0 amide bonds. The Morgan fingerprint density at radius 3 is 2.72 bits per heavy atom. The van der Waals surface area contributed by atoms with Gasteiger partial charge in [0, 0.05) is 12.2 Å². The van der Waals surface area contributed by atoms with E-state index in [4.69, 9.17) is 5.11 Å². The van der Waals surface area contributed by atoms with Crippen LogP contribution in [-0.4, -0.2) is 42.2 Å². The Morgan fingerprint density at radius 2 is 2.00 bits per heavy atom. The maximum atomic E-state index is 11.0. The largest absolute Gasteiger partial charge is 0.478 e. The number of rotatable bonds is 6. The molecular formula is C14H20N2O2. The quantitative estimate of drug-likeness (QED) is 0.758. The Kier molecular flexibility index (Phi) is 4.59. The number of carboxylic acid groups (broad SMARTS) is 1. The number of aromatic carboxylic acids is 1. The van der Waals surface area contributed by atoms with Gasteiger partial charge in [0.1, 0.15) is 0 Å². The third kappa shape index (κ3) is 3.47. The summed E-state index contributed by atoms with van der Waals surface area (Å²) >= 11 is 0. The van der Waals surface area contributed by atoms with Crippen molar-refractivity contribution in [1.29, 1.82) is 0 Å². The van der Waals surface area contributed by atoms with Crippen molar-refractivity contribution in [3.63, 3.8) is 0 Å². The minimum Gasteiger partial charge on any atom is -0.478 e. The van der Waals surface area contributed by atoms with Gasteiger partial charge < -0.3 is 15.3 Å². The van der Waals surface area contributed by atoms with Gasteiger partial charge in [-0.3, -0.25) is 0 Å². The first-order chi connectivity index (χ1) is 8.77. The molecule has 4 heteroatoms. The number of hydrogen-bond acceptors (Lipinski definition) is 3. The highest BCUT2D eigenvalue weighted by Crippen LogP contribution is 2.15. The molecule has 0 aliphatic carbocycles. The molecule has 1 saturated heterocycles. The topological polar surface area (TPSA) is 52.6 Å². The molecule has 0 aromatic heterocycles. The molecule has 98 valence electrons. The lowest BCUT2D eigenvalue weighted by Gasteiger charge is -2.15. The molecule has 0 unspecified atom stereocenters. The fraction of sp³-hybridized carbons (Fsp3) is 0.500. The number of hydrogen-bond donors (Lipinski definition) is 2. The molecule has 1 aliphatic rings. The number of para-hydroxylation sites is 1. The van der Waals surface area contributed by atoms with E-state index >= 15 is 0 Å². The first kappa shape index (κ1) is 12.9. The molecule has 1 aromatic rings. The van der Waals surface area contributed by atoms with E-state index in [0.717, 1.165) is 19.5 Å². The zero-order chi connectivity index (χ0) is 12.8. The number of nitrogens with zero attached hydrogens (tertiary/aromatic N) is 1. The predicted octanol–water partition coefficient (Wildman–Crippen LogP) is 2.28. The van der Waals surface area contributed by atoms with Gasteiger partial charge >= 0.3 is 5.97 Å². The van der Waals surface area contributed by atoms with Crippen LogP contribution in [0.2, 0.25) is 0 Å². The van der Waals surface area contributed by atoms with Gasteiger partial charge in [0.15, 0.2) is 0 Å². The molecule has 1 aliphatic heterocycles. The maximum Gasteiger partial charge on any atom is 0.337 e. The highest BCUT2D eigenvalue weighted by molar-refractivity contribution is 5.94. The zero-order valence-electron chi connectivity index (χ0n) is 10.6. The van der Waals surface area contributed by atoms with E-state index in [1.165, 1.54) is 25.9 Å². The standard InChI is InChI=1S/C14H20N2O2/c17-14(18)12-6-1-2-7-13(12)15-8-5-11-16-9-3-4-10-16/h1-2,6-7,15H,3-5,8-11H2,(H,17,18). The van der Waals surface area contributed by atoms with E-state index in [9.17, 15) is 4.79 Å². The Hall–Kier alpha value is -1.55. The average Bonchev–Trinajstić information content (AvgIpc) is 2.88. The summed E-state index contributed by atoms with van der Waals surface area (Å²) in [5.74, 6) is -0.877. The van der Waals surface area contributed by atoms with Crippen LogP contribution in [0.3, 0.4) is 0 Å². The van der Waals surface area contributed by atoms with Gasteiger partial charge in [-0.1, -0.05) is 12.1 Å². The van der Waals surface area contributed by atoms with E-state index in [0.29, 0.717) is 11.3 Å². The summed E-state index contributed by atoms with van der Waals surface area (Å²) in [6, 6.07) is 7.05. The summed E-state index contributed by atoms with van der Waals surface area (Å²) in [6.45, 7) is 4.35. The van der Waals surface area contributed by atoms with Crippen molar-refractivity contribution in [2.24, 2.45) is 0 Å². The Bertz CT molecular complexity index is 401. The molecule has 2 N–H and O–H groups in total. The van der Waals surface area contributed by atoms with E-state index in [-0.39, 0.29) is 0 Å². The van der Waals surface area contributed by atoms with Crippen LogP contribution in [0.25, 0.3) is 0 Å². The van der Waals surface area contributed by atoms with Gasteiger partial charge in [-0.25, -0.2) is 4.79 Å². The van der Waals surface area contributed by atoms with E-state index in [1.807, 2.05) is 12.1 Å². The normalized spacial score (nSPS) is 15.8. The van der Waals surface area contributed by atoms with Crippen LogP contribution in [0, 0.1) is 0 Å². The maximum absolute atomic E-state index is 11.0. The third-order valence-electron chi connectivity index (χ3n) is 3.32. The highest BCUT2D eigenvalue weighted by Gasteiger charge is 2.11. The number of nitrogens with one attached hydrogen (secondary N) is 1. The minimum absolute atomic E-state index is 0.346. The van der Waals surface area contributed by atoms with Crippen LogP contribution >= 0.6 is 0 Å². The van der Waals surface area contributed by atoms with Crippen molar-refractivity contribution in [2.45, 2.75) is 19.3 Å². The summed E-state index contributed by atoms with van der Waals surface area (Å²) in [4.78, 5) is 13.5. The van der Waals surface area contributed by atoms with Crippen molar-refractivity contribution in [2.75, 3.05) is 31.5 Å². The first-order valence-corrected chi connectivity index (χ1v) is 6.56. The highest BCUT2D eigenvalue weighted by atomic mass is 16.4. The number of anilines is 1. The zero-order valence-corrected chi connectivity index (χ0v) is 10.6. The van der Waals surface area contributed by atoms with Crippen molar-refractivity contribution < 1.29 is 9.90 Å². The predicted molar refractivity (Wildman–Crippen MR) is 72.2 cm³/mol. The van der Waals surface area contributed by atoms with E-state index < -0.39 is 5.97 Å². The van der Waals surface area contributed by atoms with Crippen molar-refractivity contribution in [3.8, 4) is 0 Å². The van der Waals surface area contributed by atoms with Crippen molar-refractivity contribution in [1.82, 2.24) is 4.90 Å². The van der Waals surface area contributed by atoms with Crippen LogP contribution in [0.4, 0.5) is 5.69 Å². The molecule has 1 heterocycles. The Morgan fingerprint density at radius 1 is 1.28 bits per heavy atom.